The lowest BCUT2D eigenvalue weighted by molar-refractivity contribution is -0.138. The molecule has 5 rings (SSSR count). The molecule has 3 heterocycles. The molecule has 3 fully saturated rings. The van der Waals surface area contributed by atoms with E-state index in [0.717, 1.165) is 17.1 Å². The number of rotatable bonds is 6. The van der Waals surface area contributed by atoms with Crippen molar-refractivity contribution in [3.63, 3.8) is 0 Å². The highest BCUT2D eigenvalue weighted by Gasteiger charge is 2.52. The van der Waals surface area contributed by atoms with Crippen LogP contribution in [0.1, 0.15) is 31.2 Å². The van der Waals surface area contributed by atoms with Gasteiger partial charge in [-0.05, 0) is 55.5 Å². The van der Waals surface area contributed by atoms with Crippen LogP contribution < -0.4 is 4.74 Å². The monoisotopic (exact) mass is 520 g/mol. The fourth-order valence-electron chi connectivity index (χ4n) is 5.47. The Hall–Kier alpha value is -2.11. The van der Waals surface area contributed by atoms with Crippen molar-refractivity contribution in [2.45, 2.75) is 37.5 Å². The highest BCUT2D eigenvalue weighted by Crippen LogP contribution is 2.49. The zero-order valence-corrected chi connectivity index (χ0v) is 21.2. The zero-order chi connectivity index (χ0) is 24.7. The Kier molecular flexibility index (Phi) is 6.60. The van der Waals surface area contributed by atoms with Crippen molar-refractivity contribution < 1.29 is 27.1 Å². The minimum absolute atomic E-state index is 0.0118. The molecule has 0 aliphatic carbocycles. The van der Waals surface area contributed by atoms with Gasteiger partial charge in [0.25, 0.3) is 0 Å². The van der Waals surface area contributed by atoms with Crippen molar-refractivity contribution in [2.24, 2.45) is 5.41 Å². The highest BCUT2D eigenvalue weighted by atomic mass is 32.3. The maximum absolute atomic E-state index is 13.5. The number of amides is 1. The lowest BCUT2D eigenvalue weighted by atomic mass is 9.79. The Morgan fingerprint density at radius 2 is 1.71 bits per heavy atom. The molecule has 2 aromatic rings. The van der Waals surface area contributed by atoms with Crippen molar-refractivity contribution in [1.29, 1.82) is 0 Å². The van der Waals surface area contributed by atoms with Gasteiger partial charge < -0.3 is 9.64 Å². The molecule has 2 N–H and O–H groups in total. The first-order valence-corrected chi connectivity index (χ1v) is 15.4. The molecule has 2 aromatic carbocycles. The maximum atomic E-state index is 13.5. The summed E-state index contributed by atoms with van der Waals surface area (Å²) >= 11 is 0. The highest BCUT2D eigenvalue weighted by molar-refractivity contribution is 8.25. The molecule has 0 saturated carbocycles. The Balaban J connectivity index is 1.23. The van der Waals surface area contributed by atoms with E-state index in [4.69, 9.17) is 4.74 Å². The molecule has 0 radical (unpaired) electrons. The van der Waals surface area contributed by atoms with E-state index in [1.165, 1.54) is 4.31 Å². The summed E-state index contributed by atoms with van der Waals surface area (Å²) in [5.74, 6) is 1.54. The summed E-state index contributed by atoms with van der Waals surface area (Å²) in [5, 5.41) is -0.771. The van der Waals surface area contributed by atoms with Crippen molar-refractivity contribution in [3.05, 3.63) is 60.2 Å². The molecule has 1 spiro atoms. The van der Waals surface area contributed by atoms with Gasteiger partial charge in [0.15, 0.2) is 0 Å². The van der Waals surface area contributed by atoms with Crippen molar-refractivity contribution >= 4 is 26.5 Å². The molecule has 8 nitrogen and oxygen atoms in total. The Morgan fingerprint density at radius 1 is 1.00 bits per heavy atom. The van der Waals surface area contributed by atoms with Crippen molar-refractivity contribution in [1.82, 2.24) is 9.21 Å². The van der Waals surface area contributed by atoms with Crippen molar-refractivity contribution in [2.75, 3.05) is 31.1 Å². The summed E-state index contributed by atoms with van der Waals surface area (Å²) in [6.07, 6.45) is 2.20. The van der Waals surface area contributed by atoms with E-state index >= 15 is 0 Å². The summed E-state index contributed by atoms with van der Waals surface area (Å²) < 4.78 is 53.6. The number of hydrogen-bond donors (Lipinski definition) is 2. The second-order valence-electron chi connectivity index (χ2n) is 9.88. The number of likely N-dealkylation sites (tertiary alicyclic amines) is 1. The molecule has 0 bridgehead atoms. The molecule has 3 aliphatic heterocycles. The number of carbonyl (C=O) groups is 1. The zero-order valence-electron chi connectivity index (χ0n) is 19.6. The van der Waals surface area contributed by atoms with Crippen LogP contribution in [0.15, 0.2) is 54.6 Å². The van der Waals surface area contributed by atoms with E-state index in [-0.39, 0.29) is 30.4 Å². The van der Waals surface area contributed by atoms with Crippen molar-refractivity contribution in [3.8, 4) is 11.5 Å². The minimum Gasteiger partial charge on any atom is -0.457 e. The lowest BCUT2D eigenvalue weighted by Gasteiger charge is -2.39. The van der Waals surface area contributed by atoms with E-state index in [9.17, 15) is 22.3 Å². The topological polar surface area (TPSA) is 107 Å². The molecule has 2 atom stereocenters. The van der Waals surface area contributed by atoms with Gasteiger partial charge >= 0.3 is 0 Å². The molecular weight excluding hydrogens is 488 g/mol. The third-order valence-corrected chi connectivity index (χ3v) is 11.7. The first-order chi connectivity index (χ1) is 16.7. The lowest BCUT2D eigenvalue weighted by Crippen LogP contribution is -2.52. The van der Waals surface area contributed by atoms with Gasteiger partial charge in [-0.25, -0.2) is 12.7 Å². The van der Waals surface area contributed by atoms with Crippen LogP contribution in [0.3, 0.4) is 0 Å². The first-order valence-electron chi connectivity index (χ1n) is 12.0. The summed E-state index contributed by atoms with van der Waals surface area (Å²) in [4.78, 5) is 15.3. The van der Waals surface area contributed by atoms with E-state index in [0.29, 0.717) is 38.9 Å². The summed E-state index contributed by atoms with van der Waals surface area (Å²) in [6.45, 7) is 1.64. The van der Waals surface area contributed by atoms with Crippen LogP contribution in [0.5, 0.6) is 11.5 Å². The number of ether oxygens (including phenoxy) is 1. The molecule has 0 aromatic heterocycles. The number of benzene rings is 2. The van der Waals surface area contributed by atoms with Gasteiger partial charge in [0.2, 0.25) is 15.9 Å². The molecular formula is C25H32N2O6S2. The summed E-state index contributed by atoms with van der Waals surface area (Å²) in [5.41, 5.74) is 0.301. The molecule has 190 valence electrons. The average molecular weight is 521 g/mol. The third-order valence-electron chi connectivity index (χ3n) is 7.42. The Bertz CT molecular complexity index is 1170. The van der Waals surface area contributed by atoms with E-state index in [1.807, 2.05) is 59.5 Å². The van der Waals surface area contributed by atoms with Gasteiger partial charge in [-0.2, -0.15) is 10.6 Å². The van der Waals surface area contributed by atoms with Crippen LogP contribution in [0.2, 0.25) is 0 Å². The second kappa shape index (κ2) is 9.40. The number of hydrogen-bond acceptors (Lipinski definition) is 6. The molecule has 10 heteroatoms. The molecule has 2 unspecified atom stereocenters. The van der Waals surface area contributed by atoms with Crippen LogP contribution in [0, 0.1) is 5.41 Å². The fraction of sp³-hybridized carbons (Fsp3) is 0.480. The fourth-order valence-corrected chi connectivity index (χ4v) is 10.2. The van der Waals surface area contributed by atoms with Crippen LogP contribution in [-0.2, 0) is 21.4 Å². The quantitative estimate of drug-likeness (QED) is 0.593. The van der Waals surface area contributed by atoms with Gasteiger partial charge in [-0.3, -0.25) is 13.9 Å². The SMILES string of the molecule is O=C1N(Cc2ccc(Oc3ccccc3)cc2)CCC12CCCN(S(=O)(=O)C1CCS(O)(O)C1)C2. The summed E-state index contributed by atoms with van der Waals surface area (Å²) in [7, 11) is -6.49. The number of carbonyl (C=O) groups excluding carboxylic acids is 1. The van der Waals surface area contributed by atoms with Gasteiger partial charge in [-0.15, -0.1) is 0 Å². The number of piperidine rings is 1. The smallest absolute Gasteiger partial charge is 0.230 e. The maximum Gasteiger partial charge on any atom is 0.230 e. The largest absolute Gasteiger partial charge is 0.457 e. The average Bonchev–Trinajstić information content (AvgIpc) is 3.36. The van der Waals surface area contributed by atoms with Crippen LogP contribution >= 0.6 is 10.6 Å². The standard InChI is InChI=1S/C25H32N2O6S2/c28-24-25(12-4-14-27(19-25)35(31,32)23-11-16-34(29,30)18-23)13-15-26(24)17-20-7-9-22(10-8-20)33-21-5-2-1-3-6-21/h1-3,5-10,23,29-30H,4,11-19H2. The van der Waals surface area contributed by atoms with Crippen LogP contribution in [-0.4, -0.2) is 69.0 Å². The molecule has 3 saturated heterocycles. The predicted octanol–water partition coefficient (Wildman–Crippen LogP) is 4.15. The third kappa shape index (κ3) is 5.08. The Labute approximate surface area is 208 Å². The molecule has 1 amide bonds. The van der Waals surface area contributed by atoms with E-state index in [2.05, 4.69) is 0 Å². The molecule has 3 aliphatic rings. The normalized spacial score (nSPS) is 27.9. The number of para-hydroxylation sites is 1. The van der Waals surface area contributed by atoms with E-state index in [1.54, 1.807) is 0 Å². The van der Waals surface area contributed by atoms with Gasteiger partial charge in [0.05, 0.1) is 16.4 Å². The second-order valence-corrected chi connectivity index (χ2v) is 14.4. The molecule has 35 heavy (non-hydrogen) atoms. The number of sulfonamides is 1. The first kappa shape index (κ1) is 24.6. The van der Waals surface area contributed by atoms with Crippen LogP contribution in [0.4, 0.5) is 0 Å². The number of nitrogens with zero attached hydrogens (tertiary/aromatic N) is 2. The van der Waals surface area contributed by atoms with Gasteiger partial charge in [-0.1, -0.05) is 30.3 Å². The van der Waals surface area contributed by atoms with E-state index < -0.39 is 31.3 Å². The van der Waals surface area contributed by atoms with Gasteiger partial charge in [0.1, 0.15) is 11.5 Å². The summed E-state index contributed by atoms with van der Waals surface area (Å²) in [6, 6.07) is 17.2. The predicted molar refractivity (Wildman–Crippen MR) is 136 cm³/mol. The van der Waals surface area contributed by atoms with Crippen LogP contribution in [0.25, 0.3) is 0 Å². The Morgan fingerprint density at radius 3 is 2.40 bits per heavy atom. The minimum atomic E-state index is -3.68. The van der Waals surface area contributed by atoms with Gasteiger partial charge in [0, 0.05) is 31.9 Å².